The van der Waals surface area contributed by atoms with E-state index in [0.29, 0.717) is 16.5 Å². The summed E-state index contributed by atoms with van der Waals surface area (Å²) in [5, 5.41) is 0.305. The molecule has 2 N–H and O–H groups in total. The lowest BCUT2D eigenvalue weighted by molar-refractivity contribution is 1.16. The molecule has 6 heteroatoms. The van der Waals surface area contributed by atoms with E-state index in [9.17, 15) is 0 Å². The fraction of sp³-hybridized carbons (Fsp3) is 0. The summed E-state index contributed by atoms with van der Waals surface area (Å²) in [4.78, 5) is 12.1. The third kappa shape index (κ3) is 2.43. The standard InChI is InChI=1S/C9H6BrClN4/c10-7-3-1-2-5(13-7)6-4-8(11)15-9(12)14-6/h1-4H,(H2,12,14,15). The topological polar surface area (TPSA) is 64.7 Å². The third-order valence-electron chi connectivity index (χ3n) is 1.69. The van der Waals surface area contributed by atoms with Crippen LogP contribution in [0, 0.1) is 0 Å². The Morgan fingerprint density at radius 1 is 1.13 bits per heavy atom. The van der Waals surface area contributed by atoms with Crippen molar-refractivity contribution in [2.75, 3.05) is 5.73 Å². The summed E-state index contributed by atoms with van der Waals surface area (Å²) in [6, 6.07) is 7.13. The molecular formula is C9H6BrClN4. The smallest absolute Gasteiger partial charge is 0.222 e. The number of anilines is 1. The predicted octanol–water partition coefficient (Wildman–Crippen LogP) is 2.54. The van der Waals surface area contributed by atoms with Gasteiger partial charge in [-0.05, 0) is 28.1 Å². The zero-order chi connectivity index (χ0) is 10.8. The van der Waals surface area contributed by atoms with Crippen LogP contribution in [0.4, 0.5) is 5.95 Å². The van der Waals surface area contributed by atoms with Crippen molar-refractivity contribution in [3.8, 4) is 11.4 Å². The number of aromatic nitrogens is 3. The molecule has 0 fully saturated rings. The lowest BCUT2D eigenvalue weighted by Crippen LogP contribution is -1.97. The molecule has 2 heterocycles. The summed E-state index contributed by atoms with van der Waals surface area (Å²) in [5.74, 6) is 0.138. The van der Waals surface area contributed by atoms with Crippen LogP contribution in [-0.4, -0.2) is 15.0 Å². The Kier molecular flexibility index (Phi) is 2.83. The van der Waals surface area contributed by atoms with Gasteiger partial charge in [-0.25, -0.2) is 15.0 Å². The van der Waals surface area contributed by atoms with Gasteiger partial charge in [0.2, 0.25) is 5.95 Å². The molecule has 0 aliphatic rings. The van der Waals surface area contributed by atoms with Gasteiger partial charge >= 0.3 is 0 Å². The minimum Gasteiger partial charge on any atom is -0.368 e. The van der Waals surface area contributed by atoms with E-state index in [4.69, 9.17) is 17.3 Å². The lowest BCUT2D eigenvalue weighted by atomic mass is 10.2. The molecule has 0 aliphatic carbocycles. The number of nitrogen functional groups attached to an aromatic ring is 1. The predicted molar refractivity (Wildman–Crippen MR) is 62.4 cm³/mol. The number of hydrogen-bond donors (Lipinski definition) is 1. The fourth-order valence-electron chi connectivity index (χ4n) is 1.12. The molecule has 2 aromatic heterocycles. The van der Waals surface area contributed by atoms with Crippen molar-refractivity contribution >= 4 is 33.5 Å². The summed E-state index contributed by atoms with van der Waals surface area (Å²) in [6.45, 7) is 0. The van der Waals surface area contributed by atoms with Crippen LogP contribution in [0.1, 0.15) is 0 Å². The van der Waals surface area contributed by atoms with Crippen LogP contribution in [0.25, 0.3) is 11.4 Å². The third-order valence-corrected chi connectivity index (χ3v) is 2.32. The molecule has 0 aromatic carbocycles. The van der Waals surface area contributed by atoms with E-state index < -0.39 is 0 Å². The maximum atomic E-state index is 5.77. The van der Waals surface area contributed by atoms with Crippen LogP contribution in [0.5, 0.6) is 0 Å². The second-order valence-corrected chi connectivity index (χ2v) is 3.98. The van der Waals surface area contributed by atoms with Crippen LogP contribution in [-0.2, 0) is 0 Å². The highest BCUT2D eigenvalue weighted by molar-refractivity contribution is 9.10. The zero-order valence-electron chi connectivity index (χ0n) is 7.48. The number of nitrogens with two attached hydrogens (primary N) is 1. The van der Waals surface area contributed by atoms with E-state index in [1.807, 2.05) is 18.2 Å². The Labute approximate surface area is 99.7 Å². The molecule has 0 saturated heterocycles. The molecule has 0 amide bonds. The first kappa shape index (κ1) is 10.3. The summed E-state index contributed by atoms with van der Waals surface area (Å²) in [5.41, 5.74) is 6.79. The summed E-state index contributed by atoms with van der Waals surface area (Å²) < 4.78 is 0.730. The molecule has 76 valence electrons. The molecule has 0 unspecified atom stereocenters. The Hall–Kier alpha value is -1.20. The lowest BCUT2D eigenvalue weighted by Gasteiger charge is -2.01. The van der Waals surface area contributed by atoms with Crippen molar-refractivity contribution in [3.05, 3.63) is 34.0 Å². The molecule has 0 saturated carbocycles. The molecule has 0 atom stereocenters. The monoisotopic (exact) mass is 284 g/mol. The van der Waals surface area contributed by atoms with Crippen LogP contribution < -0.4 is 5.73 Å². The van der Waals surface area contributed by atoms with Gasteiger partial charge in [0.15, 0.2) is 0 Å². The number of rotatable bonds is 1. The van der Waals surface area contributed by atoms with Gasteiger partial charge in [-0.15, -0.1) is 0 Å². The van der Waals surface area contributed by atoms with Gasteiger partial charge in [-0.1, -0.05) is 17.7 Å². The molecule has 0 spiro atoms. The van der Waals surface area contributed by atoms with E-state index in [0.717, 1.165) is 4.60 Å². The fourth-order valence-corrected chi connectivity index (χ4v) is 1.65. The molecular weight excluding hydrogens is 279 g/mol. The van der Waals surface area contributed by atoms with Gasteiger partial charge in [0.1, 0.15) is 9.76 Å². The Morgan fingerprint density at radius 2 is 1.93 bits per heavy atom. The Morgan fingerprint density at radius 3 is 2.60 bits per heavy atom. The van der Waals surface area contributed by atoms with E-state index in [1.165, 1.54) is 0 Å². The first-order valence-electron chi connectivity index (χ1n) is 4.08. The van der Waals surface area contributed by atoms with Gasteiger partial charge in [0.25, 0.3) is 0 Å². The maximum Gasteiger partial charge on any atom is 0.222 e. The van der Waals surface area contributed by atoms with Crippen LogP contribution in [0.3, 0.4) is 0 Å². The molecule has 0 bridgehead atoms. The molecule has 2 aromatic rings. The van der Waals surface area contributed by atoms with Gasteiger partial charge < -0.3 is 5.73 Å². The number of hydrogen-bond acceptors (Lipinski definition) is 4. The minimum atomic E-state index is 0.138. The summed E-state index contributed by atoms with van der Waals surface area (Å²) in [7, 11) is 0. The van der Waals surface area contributed by atoms with Gasteiger partial charge in [-0.3, -0.25) is 0 Å². The highest BCUT2D eigenvalue weighted by atomic mass is 79.9. The summed E-state index contributed by atoms with van der Waals surface area (Å²) >= 11 is 9.05. The van der Waals surface area contributed by atoms with E-state index in [1.54, 1.807) is 6.07 Å². The first-order chi connectivity index (χ1) is 7.15. The van der Waals surface area contributed by atoms with Gasteiger partial charge in [0.05, 0.1) is 11.4 Å². The largest absolute Gasteiger partial charge is 0.368 e. The van der Waals surface area contributed by atoms with E-state index in [-0.39, 0.29) is 5.95 Å². The highest BCUT2D eigenvalue weighted by Gasteiger charge is 2.04. The Balaban J connectivity index is 2.54. The average Bonchev–Trinajstić information content (AvgIpc) is 2.16. The van der Waals surface area contributed by atoms with Crippen molar-refractivity contribution < 1.29 is 0 Å². The number of nitrogens with zero attached hydrogens (tertiary/aromatic N) is 3. The van der Waals surface area contributed by atoms with Crippen molar-refractivity contribution in [3.63, 3.8) is 0 Å². The number of halogens is 2. The first-order valence-corrected chi connectivity index (χ1v) is 5.25. The van der Waals surface area contributed by atoms with Crippen LogP contribution in [0.15, 0.2) is 28.9 Å². The second kappa shape index (κ2) is 4.12. The van der Waals surface area contributed by atoms with Gasteiger partial charge in [-0.2, -0.15) is 0 Å². The zero-order valence-corrected chi connectivity index (χ0v) is 9.83. The minimum absolute atomic E-state index is 0.138. The molecule has 0 aliphatic heterocycles. The van der Waals surface area contributed by atoms with Crippen molar-refractivity contribution in [1.82, 2.24) is 15.0 Å². The highest BCUT2D eigenvalue weighted by Crippen LogP contribution is 2.20. The second-order valence-electron chi connectivity index (χ2n) is 2.78. The molecule has 0 radical (unpaired) electrons. The number of pyridine rings is 1. The molecule has 15 heavy (non-hydrogen) atoms. The SMILES string of the molecule is Nc1nc(Cl)cc(-c2cccc(Br)n2)n1. The normalized spacial score (nSPS) is 10.3. The van der Waals surface area contributed by atoms with E-state index >= 15 is 0 Å². The molecule has 2 rings (SSSR count). The van der Waals surface area contributed by atoms with Crippen molar-refractivity contribution in [2.24, 2.45) is 0 Å². The molecule has 4 nitrogen and oxygen atoms in total. The summed E-state index contributed by atoms with van der Waals surface area (Å²) in [6.07, 6.45) is 0. The van der Waals surface area contributed by atoms with Crippen LogP contribution >= 0.6 is 27.5 Å². The quantitative estimate of drug-likeness (QED) is 0.646. The van der Waals surface area contributed by atoms with Gasteiger partial charge in [0, 0.05) is 6.07 Å². The van der Waals surface area contributed by atoms with Crippen molar-refractivity contribution in [1.29, 1.82) is 0 Å². The Bertz CT molecular complexity index is 483. The maximum absolute atomic E-state index is 5.77. The average molecular weight is 286 g/mol. The van der Waals surface area contributed by atoms with Crippen LogP contribution in [0.2, 0.25) is 5.15 Å². The van der Waals surface area contributed by atoms with Crippen molar-refractivity contribution in [2.45, 2.75) is 0 Å². The van der Waals surface area contributed by atoms with E-state index in [2.05, 4.69) is 30.9 Å².